The van der Waals surface area contributed by atoms with Crippen LogP contribution in [0.1, 0.15) is 30.9 Å². The van der Waals surface area contributed by atoms with Crippen molar-refractivity contribution in [2.24, 2.45) is 0 Å². The summed E-state index contributed by atoms with van der Waals surface area (Å²) < 4.78 is 5.76. The van der Waals surface area contributed by atoms with E-state index < -0.39 is 6.10 Å². The van der Waals surface area contributed by atoms with Gasteiger partial charge in [0.15, 0.2) is 6.10 Å². The largest absolute Gasteiger partial charge is 0.481 e. The first-order valence-electron chi connectivity index (χ1n) is 6.71. The van der Waals surface area contributed by atoms with Crippen molar-refractivity contribution in [2.75, 3.05) is 13.1 Å². The van der Waals surface area contributed by atoms with Crippen LogP contribution in [0.2, 0.25) is 5.02 Å². The van der Waals surface area contributed by atoms with Crippen LogP contribution in [-0.4, -0.2) is 30.0 Å². The summed E-state index contributed by atoms with van der Waals surface area (Å²) in [6.45, 7) is 7.39. The maximum atomic E-state index is 12.2. The lowest BCUT2D eigenvalue weighted by Crippen LogP contribution is -2.38. The molecule has 2 rings (SSSR count). The molecule has 1 atom stereocenters. The van der Waals surface area contributed by atoms with Gasteiger partial charge in [0.05, 0.1) is 0 Å². The van der Waals surface area contributed by atoms with Gasteiger partial charge < -0.3 is 9.64 Å². The number of benzene rings is 1. The summed E-state index contributed by atoms with van der Waals surface area (Å²) >= 11 is 6.12. The summed E-state index contributed by atoms with van der Waals surface area (Å²) in [7, 11) is 0. The second-order valence-corrected chi connectivity index (χ2v) is 5.54. The fourth-order valence-electron chi connectivity index (χ4n) is 2.42. The standard InChI is InChI=1S/C15H20ClNO2/c1-10-8-13(9-11(2)14(10)16)19-12(3)15(18)17-6-4-5-7-17/h8-9,12H,4-7H2,1-3H3/t12-/m1/s1. The van der Waals surface area contributed by atoms with Crippen LogP contribution < -0.4 is 4.74 Å². The van der Waals surface area contributed by atoms with Gasteiger partial charge in [-0.25, -0.2) is 0 Å². The van der Waals surface area contributed by atoms with E-state index in [1.54, 1.807) is 6.92 Å². The van der Waals surface area contributed by atoms with Crippen LogP contribution in [0.25, 0.3) is 0 Å². The average Bonchev–Trinajstić information content (AvgIpc) is 2.88. The van der Waals surface area contributed by atoms with Crippen LogP contribution >= 0.6 is 11.6 Å². The van der Waals surface area contributed by atoms with Crippen molar-refractivity contribution in [1.82, 2.24) is 4.90 Å². The molecule has 1 fully saturated rings. The zero-order valence-electron chi connectivity index (χ0n) is 11.7. The maximum absolute atomic E-state index is 12.2. The molecule has 1 saturated heterocycles. The van der Waals surface area contributed by atoms with E-state index in [9.17, 15) is 4.79 Å². The number of carbonyl (C=O) groups is 1. The Balaban J connectivity index is 2.06. The predicted octanol–water partition coefficient (Wildman–Crippen LogP) is 3.35. The average molecular weight is 282 g/mol. The molecule has 1 amide bonds. The Bertz CT molecular complexity index is 458. The Labute approximate surface area is 119 Å². The van der Waals surface area contributed by atoms with Crippen molar-refractivity contribution in [1.29, 1.82) is 0 Å². The molecule has 0 N–H and O–H groups in total. The molecule has 1 heterocycles. The van der Waals surface area contributed by atoms with Gasteiger partial charge in [-0.1, -0.05) is 11.6 Å². The Morgan fingerprint density at radius 3 is 2.32 bits per heavy atom. The molecule has 0 unspecified atom stereocenters. The lowest BCUT2D eigenvalue weighted by molar-refractivity contribution is -0.136. The molecule has 104 valence electrons. The summed E-state index contributed by atoms with van der Waals surface area (Å²) in [5.74, 6) is 0.780. The Kier molecular flexibility index (Phi) is 4.35. The molecule has 1 aliphatic rings. The predicted molar refractivity (Wildman–Crippen MR) is 76.8 cm³/mol. The van der Waals surface area contributed by atoms with Crippen molar-refractivity contribution in [3.8, 4) is 5.75 Å². The number of carbonyl (C=O) groups excluding carboxylic acids is 1. The van der Waals surface area contributed by atoms with Crippen LogP contribution in [0.5, 0.6) is 5.75 Å². The van der Waals surface area contributed by atoms with Gasteiger partial charge >= 0.3 is 0 Å². The fourth-order valence-corrected chi connectivity index (χ4v) is 2.53. The number of ether oxygens (including phenoxy) is 1. The molecular weight excluding hydrogens is 262 g/mol. The van der Waals surface area contributed by atoms with Gasteiger partial charge in [0, 0.05) is 18.1 Å². The third kappa shape index (κ3) is 3.21. The molecule has 0 bridgehead atoms. The summed E-state index contributed by atoms with van der Waals surface area (Å²) in [4.78, 5) is 14.0. The number of rotatable bonds is 3. The minimum atomic E-state index is -0.446. The van der Waals surface area contributed by atoms with Gasteiger partial charge in [0.1, 0.15) is 5.75 Å². The summed E-state index contributed by atoms with van der Waals surface area (Å²) in [5.41, 5.74) is 1.94. The highest BCUT2D eigenvalue weighted by Crippen LogP contribution is 2.26. The first-order valence-corrected chi connectivity index (χ1v) is 7.09. The third-order valence-corrected chi connectivity index (χ3v) is 4.08. The lowest BCUT2D eigenvalue weighted by Gasteiger charge is -2.21. The summed E-state index contributed by atoms with van der Waals surface area (Å²) in [5, 5.41) is 0.755. The van der Waals surface area contributed by atoms with Crippen LogP contribution in [0.15, 0.2) is 12.1 Å². The molecule has 0 aliphatic carbocycles. The van der Waals surface area contributed by atoms with Crippen molar-refractivity contribution >= 4 is 17.5 Å². The van der Waals surface area contributed by atoms with Gasteiger partial charge in [0.25, 0.3) is 5.91 Å². The molecule has 1 aromatic carbocycles. The zero-order valence-corrected chi connectivity index (χ0v) is 12.5. The molecule has 1 aromatic rings. The number of hydrogen-bond acceptors (Lipinski definition) is 2. The quantitative estimate of drug-likeness (QED) is 0.850. The number of amides is 1. The normalized spacial score (nSPS) is 16.5. The van der Waals surface area contributed by atoms with Crippen LogP contribution in [-0.2, 0) is 4.79 Å². The highest BCUT2D eigenvalue weighted by molar-refractivity contribution is 6.32. The first kappa shape index (κ1) is 14.2. The van der Waals surface area contributed by atoms with E-state index in [1.807, 2.05) is 30.9 Å². The molecule has 19 heavy (non-hydrogen) atoms. The van der Waals surface area contributed by atoms with Crippen molar-refractivity contribution in [3.05, 3.63) is 28.3 Å². The minimum Gasteiger partial charge on any atom is -0.481 e. The van der Waals surface area contributed by atoms with Crippen LogP contribution in [0, 0.1) is 13.8 Å². The molecule has 0 spiro atoms. The van der Waals surface area contributed by atoms with E-state index in [0.29, 0.717) is 5.75 Å². The Morgan fingerprint density at radius 2 is 1.79 bits per heavy atom. The van der Waals surface area contributed by atoms with Crippen molar-refractivity contribution in [2.45, 2.75) is 39.7 Å². The molecule has 1 aliphatic heterocycles. The zero-order chi connectivity index (χ0) is 14.0. The van der Waals surface area contributed by atoms with E-state index >= 15 is 0 Å². The number of hydrogen-bond donors (Lipinski definition) is 0. The fraction of sp³-hybridized carbons (Fsp3) is 0.533. The van der Waals surface area contributed by atoms with Gasteiger partial charge in [0.2, 0.25) is 0 Å². The summed E-state index contributed by atoms with van der Waals surface area (Å²) in [6, 6.07) is 3.76. The van der Waals surface area contributed by atoms with Crippen molar-refractivity contribution in [3.63, 3.8) is 0 Å². The molecule has 0 saturated carbocycles. The molecule has 3 nitrogen and oxygen atoms in total. The molecular formula is C15H20ClNO2. The Morgan fingerprint density at radius 1 is 1.26 bits per heavy atom. The maximum Gasteiger partial charge on any atom is 0.263 e. The van der Waals surface area contributed by atoms with Gasteiger partial charge in [-0.3, -0.25) is 4.79 Å². The number of likely N-dealkylation sites (tertiary alicyclic amines) is 1. The van der Waals surface area contributed by atoms with Gasteiger partial charge in [-0.05, 0) is 56.9 Å². The van der Waals surface area contributed by atoms with E-state index in [2.05, 4.69) is 0 Å². The summed E-state index contributed by atoms with van der Waals surface area (Å²) in [6.07, 6.45) is 1.74. The monoisotopic (exact) mass is 281 g/mol. The van der Waals surface area contributed by atoms with Crippen molar-refractivity contribution < 1.29 is 9.53 Å². The Hall–Kier alpha value is -1.22. The number of halogens is 1. The van der Waals surface area contributed by atoms with E-state index in [-0.39, 0.29) is 5.91 Å². The lowest BCUT2D eigenvalue weighted by atomic mass is 10.1. The van der Waals surface area contributed by atoms with E-state index in [1.165, 1.54) is 0 Å². The van der Waals surface area contributed by atoms with E-state index in [0.717, 1.165) is 42.1 Å². The van der Waals surface area contributed by atoms with E-state index in [4.69, 9.17) is 16.3 Å². The molecule has 0 radical (unpaired) electrons. The molecule has 4 heteroatoms. The third-order valence-electron chi connectivity index (χ3n) is 3.49. The van der Waals surface area contributed by atoms with Gasteiger partial charge in [-0.2, -0.15) is 0 Å². The van der Waals surface area contributed by atoms with Gasteiger partial charge in [-0.15, -0.1) is 0 Å². The van der Waals surface area contributed by atoms with Crippen LogP contribution in [0.3, 0.4) is 0 Å². The highest BCUT2D eigenvalue weighted by atomic mass is 35.5. The number of nitrogens with zero attached hydrogens (tertiary/aromatic N) is 1. The number of aryl methyl sites for hydroxylation is 2. The highest BCUT2D eigenvalue weighted by Gasteiger charge is 2.24. The molecule has 0 aromatic heterocycles. The first-order chi connectivity index (χ1) is 8.99. The smallest absolute Gasteiger partial charge is 0.263 e. The second-order valence-electron chi connectivity index (χ2n) is 5.16. The SMILES string of the molecule is Cc1cc(O[C@H](C)C(=O)N2CCCC2)cc(C)c1Cl. The minimum absolute atomic E-state index is 0.0720. The van der Waals surface area contributed by atoms with Crippen LogP contribution in [0.4, 0.5) is 0 Å². The topological polar surface area (TPSA) is 29.5 Å². The second kappa shape index (κ2) is 5.83.